The maximum Gasteiger partial charge on any atom is 0.166 e. The SMILES string of the molecule is CCC1=CCC(O)(C(C)=O)c2c(CC)cccc21. The van der Waals surface area contributed by atoms with E-state index in [1.807, 2.05) is 24.3 Å². The summed E-state index contributed by atoms with van der Waals surface area (Å²) in [4.78, 5) is 11.9. The second-order valence-electron chi connectivity index (χ2n) is 4.90. The number of aryl methyl sites for hydroxylation is 1. The van der Waals surface area contributed by atoms with Crippen molar-refractivity contribution in [2.24, 2.45) is 0 Å². The molecule has 2 rings (SSSR count). The fraction of sp³-hybridized carbons (Fsp3) is 0.438. The van der Waals surface area contributed by atoms with Crippen molar-refractivity contribution in [2.45, 2.75) is 45.6 Å². The number of Topliss-reactive ketones (excluding diaryl/α,β-unsaturated/α-hetero) is 1. The molecule has 1 atom stereocenters. The highest BCUT2D eigenvalue weighted by atomic mass is 16.3. The standard InChI is InChI=1S/C16H20O2/c1-4-12-9-10-16(18,11(3)17)15-13(5-2)7-6-8-14(12)15/h6-9,18H,4-5,10H2,1-3H3. The highest BCUT2D eigenvalue weighted by Gasteiger charge is 2.39. The molecule has 96 valence electrons. The lowest BCUT2D eigenvalue weighted by Crippen LogP contribution is -2.37. The van der Waals surface area contributed by atoms with Gasteiger partial charge in [0.25, 0.3) is 0 Å². The third kappa shape index (κ3) is 1.81. The number of carbonyl (C=O) groups is 1. The average Bonchev–Trinajstić information content (AvgIpc) is 2.38. The molecule has 1 aromatic rings. The smallest absolute Gasteiger partial charge is 0.166 e. The van der Waals surface area contributed by atoms with E-state index in [0.29, 0.717) is 6.42 Å². The molecular formula is C16H20O2. The van der Waals surface area contributed by atoms with Gasteiger partial charge in [0.05, 0.1) is 0 Å². The van der Waals surface area contributed by atoms with Crippen molar-refractivity contribution in [1.29, 1.82) is 0 Å². The number of carbonyl (C=O) groups excluding carboxylic acids is 1. The van der Waals surface area contributed by atoms with Crippen molar-refractivity contribution >= 4 is 11.4 Å². The maximum atomic E-state index is 11.9. The number of rotatable bonds is 3. The van der Waals surface area contributed by atoms with Crippen molar-refractivity contribution in [3.05, 3.63) is 41.0 Å². The summed E-state index contributed by atoms with van der Waals surface area (Å²) in [5.74, 6) is -0.170. The zero-order valence-electron chi connectivity index (χ0n) is 11.3. The average molecular weight is 244 g/mol. The molecule has 0 fully saturated rings. The Bertz CT molecular complexity index is 514. The van der Waals surface area contributed by atoms with Crippen LogP contribution in [0, 0.1) is 0 Å². The fourth-order valence-corrected chi connectivity index (χ4v) is 2.79. The van der Waals surface area contributed by atoms with E-state index in [2.05, 4.69) is 13.8 Å². The van der Waals surface area contributed by atoms with Gasteiger partial charge in [0.1, 0.15) is 0 Å². The van der Waals surface area contributed by atoms with E-state index in [1.54, 1.807) is 0 Å². The molecule has 0 heterocycles. The Morgan fingerprint density at radius 1 is 1.33 bits per heavy atom. The summed E-state index contributed by atoms with van der Waals surface area (Å²) in [7, 11) is 0. The molecule has 1 aliphatic rings. The van der Waals surface area contributed by atoms with Crippen LogP contribution in [0.25, 0.3) is 5.57 Å². The molecular weight excluding hydrogens is 224 g/mol. The van der Waals surface area contributed by atoms with Crippen LogP contribution in [0.2, 0.25) is 0 Å². The van der Waals surface area contributed by atoms with Crippen molar-refractivity contribution in [2.75, 3.05) is 0 Å². The second-order valence-corrected chi connectivity index (χ2v) is 4.90. The lowest BCUT2D eigenvalue weighted by molar-refractivity contribution is -0.136. The van der Waals surface area contributed by atoms with E-state index in [1.165, 1.54) is 12.5 Å². The summed E-state index contributed by atoms with van der Waals surface area (Å²) >= 11 is 0. The highest BCUT2D eigenvalue weighted by molar-refractivity contribution is 5.91. The van der Waals surface area contributed by atoms with Crippen molar-refractivity contribution in [3.8, 4) is 0 Å². The van der Waals surface area contributed by atoms with Crippen LogP contribution in [-0.2, 0) is 16.8 Å². The molecule has 0 saturated carbocycles. The second kappa shape index (κ2) is 4.69. The van der Waals surface area contributed by atoms with Gasteiger partial charge in [-0.25, -0.2) is 0 Å². The van der Waals surface area contributed by atoms with E-state index >= 15 is 0 Å². The minimum atomic E-state index is -1.33. The number of allylic oxidation sites excluding steroid dienone is 1. The van der Waals surface area contributed by atoms with Gasteiger partial charge < -0.3 is 5.11 Å². The molecule has 1 aliphatic carbocycles. The molecule has 0 radical (unpaired) electrons. The number of hydrogen-bond donors (Lipinski definition) is 1. The molecule has 0 bridgehead atoms. The third-order valence-corrected chi connectivity index (χ3v) is 3.90. The molecule has 0 aliphatic heterocycles. The minimum absolute atomic E-state index is 0.170. The molecule has 0 amide bonds. The first-order valence-corrected chi connectivity index (χ1v) is 6.59. The Labute approximate surface area is 108 Å². The quantitative estimate of drug-likeness (QED) is 0.886. The molecule has 2 heteroatoms. The number of aliphatic hydroxyl groups is 1. The zero-order chi connectivity index (χ0) is 13.3. The van der Waals surface area contributed by atoms with Crippen molar-refractivity contribution < 1.29 is 9.90 Å². The monoisotopic (exact) mass is 244 g/mol. The van der Waals surface area contributed by atoms with Crippen LogP contribution in [-0.4, -0.2) is 10.9 Å². The van der Waals surface area contributed by atoms with Gasteiger partial charge in [-0.05, 0) is 36.5 Å². The number of hydrogen-bond acceptors (Lipinski definition) is 2. The number of fused-ring (bicyclic) bond motifs is 1. The largest absolute Gasteiger partial charge is 0.377 e. The van der Waals surface area contributed by atoms with Crippen LogP contribution in [0.5, 0.6) is 0 Å². The summed E-state index contributed by atoms with van der Waals surface area (Å²) in [6.07, 6.45) is 4.16. The molecule has 0 spiro atoms. The van der Waals surface area contributed by atoms with Gasteiger partial charge in [0.15, 0.2) is 11.4 Å². The van der Waals surface area contributed by atoms with Crippen LogP contribution in [0.4, 0.5) is 0 Å². The first kappa shape index (κ1) is 13.0. The van der Waals surface area contributed by atoms with Crippen molar-refractivity contribution in [1.82, 2.24) is 0 Å². The Kier molecular flexibility index (Phi) is 3.40. The molecule has 1 unspecified atom stereocenters. The topological polar surface area (TPSA) is 37.3 Å². The highest BCUT2D eigenvalue weighted by Crippen LogP contribution is 2.41. The molecule has 0 saturated heterocycles. The van der Waals surface area contributed by atoms with Gasteiger partial charge in [-0.3, -0.25) is 4.79 Å². The first-order valence-electron chi connectivity index (χ1n) is 6.59. The van der Waals surface area contributed by atoms with Gasteiger partial charge in [0.2, 0.25) is 0 Å². The molecule has 1 N–H and O–H groups in total. The van der Waals surface area contributed by atoms with Gasteiger partial charge in [-0.1, -0.05) is 38.1 Å². The number of benzene rings is 1. The molecule has 0 aromatic heterocycles. The summed E-state index contributed by atoms with van der Waals surface area (Å²) in [6, 6.07) is 6.02. The van der Waals surface area contributed by atoms with E-state index in [4.69, 9.17) is 0 Å². The fourth-order valence-electron chi connectivity index (χ4n) is 2.79. The van der Waals surface area contributed by atoms with Gasteiger partial charge >= 0.3 is 0 Å². The summed E-state index contributed by atoms with van der Waals surface area (Å²) < 4.78 is 0. The zero-order valence-corrected chi connectivity index (χ0v) is 11.3. The lowest BCUT2D eigenvalue weighted by atomic mass is 9.74. The van der Waals surface area contributed by atoms with E-state index in [9.17, 15) is 9.90 Å². The Balaban J connectivity index is 2.72. The van der Waals surface area contributed by atoms with E-state index in [0.717, 1.165) is 29.5 Å². The summed E-state index contributed by atoms with van der Waals surface area (Å²) in [6.45, 7) is 5.63. The first-order chi connectivity index (χ1) is 8.54. The van der Waals surface area contributed by atoms with Crippen LogP contribution in [0.15, 0.2) is 24.3 Å². The van der Waals surface area contributed by atoms with Crippen LogP contribution in [0.3, 0.4) is 0 Å². The molecule has 2 nitrogen and oxygen atoms in total. The normalized spacial score (nSPS) is 22.3. The molecule has 18 heavy (non-hydrogen) atoms. The lowest BCUT2D eigenvalue weighted by Gasteiger charge is -2.33. The van der Waals surface area contributed by atoms with E-state index < -0.39 is 5.60 Å². The van der Waals surface area contributed by atoms with Crippen molar-refractivity contribution in [3.63, 3.8) is 0 Å². The van der Waals surface area contributed by atoms with Crippen LogP contribution < -0.4 is 0 Å². The predicted octanol–water partition coefficient (Wildman–Crippen LogP) is 3.22. The van der Waals surface area contributed by atoms with Crippen LogP contribution in [0.1, 0.15) is 50.3 Å². The Hall–Kier alpha value is -1.41. The van der Waals surface area contributed by atoms with Gasteiger partial charge in [-0.2, -0.15) is 0 Å². The molecule has 1 aromatic carbocycles. The van der Waals surface area contributed by atoms with Crippen LogP contribution >= 0.6 is 0 Å². The number of ketones is 1. The maximum absolute atomic E-state index is 11.9. The summed E-state index contributed by atoms with van der Waals surface area (Å²) in [5, 5.41) is 10.7. The summed E-state index contributed by atoms with van der Waals surface area (Å²) in [5.41, 5.74) is 2.84. The Morgan fingerprint density at radius 2 is 2.06 bits per heavy atom. The predicted molar refractivity (Wildman–Crippen MR) is 73.3 cm³/mol. The van der Waals surface area contributed by atoms with E-state index in [-0.39, 0.29) is 5.78 Å². The minimum Gasteiger partial charge on any atom is -0.377 e. The Morgan fingerprint density at radius 3 is 2.61 bits per heavy atom. The van der Waals surface area contributed by atoms with Gasteiger partial charge in [0, 0.05) is 12.0 Å². The third-order valence-electron chi connectivity index (χ3n) is 3.90. The van der Waals surface area contributed by atoms with Gasteiger partial charge in [-0.15, -0.1) is 0 Å².